The number of ether oxygens (including phenoxy) is 1. The van der Waals surface area contributed by atoms with Crippen LogP contribution in [-0.2, 0) is 9.53 Å². The van der Waals surface area contributed by atoms with E-state index in [-0.39, 0.29) is 0 Å². The fraction of sp³-hybridized carbons (Fsp3) is 0.200. The lowest BCUT2D eigenvalue weighted by molar-refractivity contribution is -0.134. The summed E-state index contributed by atoms with van der Waals surface area (Å²) in [6.45, 7) is 2.10. The van der Waals surface area contributed by atoms with Gasteiger partial charge in [-0.25, -0.2) is 4.98 Å². The first-order chi connectivity index (χ1) is 6.81. The van der Waals surface area contributed by atoms with E-state index in [1.54, 1.807) is 6.92 Å². The zero-order valence-electron chi connectivity index (χ0n) is 7.64. The van der Waals surface area contributed by atoms with Crippen LogP contribution in [0.4, 0.5) is 0 Å². The normalized spacial score (nSPS) is 12.6. The molecule has 0 N–H and O–H groups in total. The summed E-state index contributed by atoms with van der Waals surface area (Å²) >= 11 is 0. The number of hydrogen-bond acceptors (Lipinski definition) is 4. The Labute approximate surface area is 80.5 Å². The molecule has 1 heterocycles. The van der Waals surface area contributed by atoms with Crippen molar-refractivity contribution in [1.82, 2.24) is 4.98 Å². The minimum absolute atomic E-state index is 0.388. The molecule has 2 rings (SSSR count). The first-order valence-electron chi connectivity index (χ1n) is 4.26. The number of carbonyl (C=O) groups excluding carboxylic acids is 1. The number of para-hydroxylation sites is 2. The molecule has 4 nitrogen and oxygen atoms in total. The van der Waals surface area contributed by atoms with Crippen LogP contribution in [0.5, 0.6) is 0 Å². The molecule has 1 atom stereocenters. The lowest BCUT2D eigenvalue weighted by atomic mass is 10.3. The number of hydrogen-bond donors (Lipinski definition) is 0. The summed E-state index contributed by atoms with van der Waals surface area (Å²) in [7, 11) is 0. The average Bonchev–Trinajstić information content (AvgIpc) is 2.61. The molecular weight excluding hydrogens is 182 g/mol. The molecule has 0 aliphatic carbocycles. The first-order valence-corrected chi connectivity index (χ1v) is 4.26. The van der Waals surface area contributed by atoms with Gasteiger partial charge < -0.3 is 9.15 Å². The second-order valence-electron chi connectivity index (χ2n) is 2.89. The van der Waals surface area contributed by atoms with E-state index in [0.717, 1.165) is 5.52 Å². The molecular formula is C10H9NO3. The van der Waals surface area contributed by atoms with Crippen LogP contribution in [-0.4, -0.2) is 11.5 Å². The monoisotopic (exact) mass is 191 g/mol. The van der Waals surface area contributed by atoms with Gasteiger partial charge in [-0.2, -0.15) is 0 Å². The molecule has 2 aromatic rings. The zero-order chi connectivity index (χ0) is 9.97. The summed E-state index contributed by atoms with van der Waals surface area (Å²) in [5.74, 6) is 0.415. The third-order valence-electron chi connectivity index (χ3n) is 1.92. The summed E-state index contributed by atoms with van der Waals surface area (Å²) in [5.41, 5.74) is 1.47. The van der Waals surface area contributed by atoms with E-state index in [2.05, 4.69) is 4.98 Å². The van der Waals surface area contributed by atoms with Crippen molar-refractivity contribution in [2.45, 2.75) is 13.0 Å². The molecule has 1 aromatic carbocycles. The second-order valence-corrected chi connectivity index (χ2v) is 2.89. The van der Waals surface area contributed by atoms with E-state index >= 15 is 0 Å². The van der Waals surface area contributed by atoms with Crippen LogP contribution in [0.2, 0.25) is 0 Å². The van der Waals surface area contributed by atoms with Crippen molar-refractivity contribution in [2.24, 2.45) is 0 Å². The molecule has 0 radical (unpaired) electrons. The van der Waals surface area contributed by atoms with Crippen LogP contribution in [0.3, 0.4) is 0 Å². The van der Waals surface area contributed by atoms with E-state index in [0.29, 0.717) is 17.9 Å². The van der Waals surface area contributed by atoms with Crippen molar-refractivity contribution in [2.75, 3.05) is 0 Å². The Bertz CT molecular complexity index is 416. The van der Waals surface area contributed by atoms with Crippen molar-refractivity contribution in [3.8, 4) is 0 Å². The third-order valence-corrected chi connectivity index (χ3v) is 1.92. The standard InChI is InChI=1S/C10H9NO3/c1-7(13-6-12)10-11-8-4-2-3-5-9(8)14-10/h2-7H,1H3. The Kier molecular flexibility index (Phi) is 2.18. The maximum Gasteiger partial charge on any atom is 0.293 e. The van der Waals surface area contributed by atoms with Crippen LogP contribution in [0.25, 0.3) is 11.1 Å². The van der Waals surface area contributed by atoms with Gasteiger partial charge in [0.2, 0.25) is 5.89 Å². The molecule has 0 bridgehead atoms. The number of carbonyl (C=O) groups is 1. The number of rotatable bonds is 3. The highest BCUT2D eigenvalue weighted by Gasteiger charge is 2.13. The van der Waals surface area contributed by atoms with Crippen molar-refractivity contribution < 1.29 is 13.9 Å². The molecule has 0 saturated heterocycles. The van der Waals surface area contributed by atoms with Crippen LogP contribution in [0, 0.1) is 0 Å². The third kappa shape index (κ3) is 1.46. The molecule has 4 heteroatoms. The highest BCUT2D eigenvalue weighted by atomic mass is 16.5. The first kappa shape index (κ1) is 8.74. The van der Waals surface area contributed by atoms with Crippen molar-refractivity contribution in [3.05, 3.63) is 30.2 Å². The van der Waals surface area contributed by atoms with Crippen molar-refractivity contribution >= 4 is 17.6 Å². The molecule has 0 aliphatic rings. The topological polar surface area (TPSA) is 52.3 Å². The fourth-order valence-corrected chi connectivity index (χ4v) is 1.21. The number of fused-ring (bicyclic) bond motifs is 1. The van der Waals surface area contributed by atoms with Crippen molar-refractivity contribution in [3.63, 3.8) is 0 Å². The number of aromatic nitrogens is 1. The summed E-state index contributed by atoms with van der Waals surface area (Å²) in [5, 5.41) is 0. The number of benzene rings is 1. The van der Waals surface area contributed by atoms with Gasteiger partial charge in [-0.3, -0.25) is 4.79 Å². The largest absolute Gasteiger partial charge is 0.455 e. The van der Waals surface area contributed by atoms with Gasteiger partial charge >= 0.3 is 0 Å². The van der Waals surface area contributed by atoms with Gasteiger partial charge in [-0.1, -0.05) is 12.1 Å². The van der Waals surface area contributed by atoms with Crippen LogP contribution in [0.1, 0.15) is 18.9 Å². The van der Waals surface area contributed by atoms with Crippen LogP contribution < -0.4 is 0 Å². The smallest absolute Gasteiger partial charge is 0.293 e. The van der Waals surface area contributed by atoms with Gasteiger partial charge in [0.15, 0.2) is 11.7 Å². The highest BCUT2D eigenvalue weighted by molar-refractivity contribution is 5.72. The molecule has 72 valence electrons. The zero-order valence-corrected chi connectivity index (χ0v) is 7.64. The predicted octanol–water partition coefficient (Wildman–Crippen LogP) is 2.06. The Morgan fingerprint density at radius 3 is 3.00 bits per heavy atom. The van der Waals surface area contributed by atoms with Gasteiger partial charge in [0.1, 0.15) is 5.52 Å². The van der Waals surface area contributed by atoms with Gasteiger partial charge in [0.25, 0.3) is 6.47 Å². The Hall–Kier alpha value is -1.84. The molecule has 0 saturated carbocycles. The molecule has 0 fully saturated rings. The Morgan fingerprint density at radius 2 is 2.29 bits per heavy atom. The van der Waals surface area contributed by atoms with Gasteiger partial charge in [-0.15, -0.1) is 0 Å². The number of nitrogens with zero attached hydrogens (tertiary/aromatic N) is 1. The lowest BCUT2D eigenvalue weighted by Crippen LogP contribution is -1.97. The molecule has 0 aliphatic heterocycles. The Morgan fingerprint density at radius 1 is 1.50 bits per heavy atom. The van der Waals surface area contributed by atoms with Crippen LogP contribution in [0.15, 0.2) is 28.7 Å². The minimum atomic E-state index is -0.445. The van der Waals surface area contributed by atoms with E-state index in [9.17, 15) is 4.79 Å². The van der Waals surface area contributed by atoms with Crippen LogP contribution >= 0.6 is 0 Å². The quantitative estimate of drug-likeness (QED) is 0.697. The van der Waals surface area contributed by atoms with E-state index in [1.165, 1.54) is 0 Å². The number of oxazole rings is 1. The van der Waals surface area contributed by atoms with Gasteiger partial charge in [0, 0.05) is 0 Å². The molecule has 0 amide bonds. The Balaban J connectivity index is 2.39. The molecule has 14 heavy (non-hydrogen) atoms. The SMILES string of the molecule is CC(OC=O)c1nc2ccccc2o1. The van der Waals surface area contributed by atoms with E-state index in [1.807, 2.05) is 24.3 Å². The predicted molar refractivity (Wildman–Crippen MR) is 49.6 cm³/mol. The fourth-order valence-electron chi connectivity index (χ4n) is 1.21. The highest BCUT2D eigenvalue weighted by Crippen LogP contribution is 2.21. The summed E-state index contributed by atoms with van der Waals surface area (Å²) in [6, 6.07) is 7.40. The maximum atomic E-state index is 10.1. The van der Waals surface area contributed by atoms with E-state index < -0.39 is 6.10 Å². The van der Waals surface area contributed by atoms with Crippen molar-refractivity contribution in [1.29, 1.82) is 0 Å². The maximum absolute atomic E-state index is 10.1. The van der Waals surface area contributed by atoms with E-state index in [4.69, 9.17) is 9.15 Å². The molecule has 0 spiro atoms. The summed E-state index contributed by atoms with van der Waals surface area (Å²) in [6.07, 6.45) is -0.445. The van der Waals surface area contributed by atoms with Gasteiger partial charge in [0.05, 0.1) is 0 Å². The second kappa shape index (κ2) is 3.49. The minimum Gasteiger partial charge on any atom is -0.455 e. The molecule has 1 unspecified atom stereocenters. The molecule has 1 aromatic heterocycles. The summed E-state index contributed by atoms with van der Waals surface area (Å²) in [4.78, 5) is 14.3. The summed E-state index contributed by atoms with van der Waals surface area (Å²) < 4.78 is 10.1. The van der Waals surface area contributed by atoms with Gasteiger partial charge in [-0.05, 0) is 19.1 Å². The lowest BCUT2D eigenvalue weighted by Gasteiger charge is -2.02. The average molecular weight is 191 g/mol.